The largest absolute Gasteiger partial charge is 0.353 e. The molecule has 2 amide bonds. The molecule has 0 atom stereocenters. The Balaban J connectivity index is 1.75. The topological polar surface area (TPSA) is 75.4 Å². The van der Waals surface area contributed by atoms with Gasteiger partial charge in [-0.2, -0.15) is 0 Å². The molecule has 0 aromatic heterocycles. The molecule has 0 spiro atoms. The van der Waals surface area contributed by atoms with E-state index in [2.05, 4.69) is 5.32 Å². The number of nitrogens with zero attached hydrogens (tertiary/aromatic N) is 1. The highest BCUT2D eigenvalue weighted by Crippen LogP contribution is 2.26. The van der Waals surface area contributed by atoms with Gasteiger partial charge in [-0.15, -0.1) is 0 Å². The van der Waals surface area contributed by atoms with Gasteiger partial charge in [0.2, 0.25) is 11.8 Å². The Hall–Kier alpha value is -1.10. The van der Waals surface area contributed by atoms with Crippen molar-refractivity contribution in [3.63, 3.8) is 0 Å². The van der Waals surface area contributed by atoms with E-state index in [0.29, 0.717) is 5.91 Å². The van der Waals surface area contributed by atoms with E-state index in [1.165, 1.54) is 0 Å². The van der Waals surface area contributed by atoms with E-state index in [1.54, 1.807) is 0 Å². The van der Waals surface area contributed by atoms with Gasteiger partial charge in [0.25, 0.3) is 0 Å². The van der Waals surface area contributed by atoms with Crippen LogP contribution in [0.3, 0.4) is 0 Å². The zero-order chi connectivity index (χ0) is 15.4. The molecule has 21 heavy (non-hydrogen) atoms. The highest BCUT2D eigenvalue weighted by atomic mass is 16.2. The Bertz CT molecular complexity index is 368. The van der Waals surface area contributed by atoms with Crippen LogP contribution in [0.4, 0.5) is 0 Å². The summed E-state index contributed by atoms with van der Waals surface area (Å²) in [4.78, 5) is 26.2. The fraction of sp³-hybridized carbons (Fsp3) is 0.875. The summed E-state index contributed by atoms with van der Waals surface area (Å²) in [6.45, 7) is 5.35. The van der Waals surface area contributed by atoms with Crippen molar-refractivity contribution in [1.82, 2.24) is 10.2 Å². The molecule has 3 N–H and O–H groups in total. The van der Waals surface area contributed by atoms with Gasteiger partial charge >= 0.3 is 0 Å². The van der Waals surface area contributed by atoms with E-state index in [0.717, 1.165) is 51.6 Å². The predicted molar refractivity (Wildman–Crippen MR) is 82.5 cm³/mol. The van der Waals surface area contributed by atoms with E-state index in [9.17, 15) is 9.59 Å². The number of piperidine rings is 1. The summed E-state index contributed by atoms with van der Waals surface area (Å²) in [5.41, 5.74) is 5.90. The highest BCUT2D eigenvalue weighted by Gasteiger charge is 2.31. The van der Waals surface area contributed by atoms with Crippen LogP contribution in [0.5, 0.6) is 0 Å². The number of amides is 2. The van der Waals surface area contributed by atoms with Crippen LogP contribution in [-0.4, -0.2) is 41.9 Å². The lowest BCUT2D eigenvalue weighted by atomic mass is 9.85. The fourth-order valence-electron chi connectivity index (χ4n) is 3.24. The van der Waals surface area contributed by atoms with E-state index >= 15 is 0 Å². The maximum atomic E-state index is 12.5. The minimum atomic E-state index is 0.0242. The SMILES string of the molecule is CC(C)C(=O)NC1CCN(C(=O)C2CCC(N)CC2)CC1. The average molecular weight is 295 g/mol. The summed E-state index contributed by atoms with van der Waals surface area (Å²) in [5, 5.41) is 3.07. The van der Waals surface area contributed by atoms with Gasteiger partial charge < -0.3 is 16.0 Å². The molecule has 2 fully saturated rings. The molecule has 2 rings (SSSR count). The molecule has 2 aliphatic rings. The minimum absolute atomic E-state index is 0.0242. The van der Waals surface area contributed by atoms with Crippen LogP contribution in [0.1, 0.15) is 52.4 Å². The van der Waals surface area contributed by atoms with Gasteiger partial charge in [0, 0.05) is 37.0 Å². The number of rotatable bonds is 3. The second-order valence-corrected chi connectivity index (χ2v) is 6.87. The minimum Gasteiger partial charge on any atom is -0.353 e. The zero-order valence-electron chi connectivity index (χ0n) is 13.3. The van der Waals surface area contributed by atoms with Crippen LogP contribution >= 0.6 is 0 Å². The molecule has 1 aliphatic carbocycles. The summed E-state index contributed by atoms with van der Waals surface area (Å²) in [7, 11) is 0. The van der Waals surface area contributed by atoms with Gasteiger partial charge in [-0.3, -0.25) is 9.59 Å². The standard InChI is InChI=1S/C16H29N3O2/c1-11(2)15(20)18-14-7-9-19(10-8-14)16(21)12-3-5-13(17)6-4-12/h11-14H,3-10,17H2,1-2H3,(H,18,20). The first-order valence-corrected chi connectivity index (χ1v) is 8.32. The third-order valence-corrected chi connectivity index (χ3v) is 4.80. The van der Waals surface area contributed by atoms with Crippen molar-refractivity contribution in [3.05, 3.63) is 0 Å². The second kappa shape index (κ2) is 7.25. The molecule has 1 aliphatic heterocycles. The van der Waals surface area contributed by atoms with Gasteiger partial charge in [0.05, 0.1) is 0 Å². The lowest BCUT2D eigenvalue weighted by Gasteiger charge is -2.36. The van der Waals surface area contributed by atoms with Crippen molar-refractivity contribution in [1.29, 1.82) is 0 Å². The first kappa shape index (κ1) is 16.3. The third kappa shape index (κ3) is 4.43. The lowest BCUT2D eigenvalue weighted by Crippen LogP contribution is -2.49. The number of carbonyl (C=O) groups is 2. The van der Waals surface area contributed by atoms with Crippen molar-refractivity contribution >= 4 is 11.8 Å². The first-order chi connectivity index (χ1) is 9.97. The summed E-state index contributed by atoms with van der Waals surface area (Å²) in [6, 6.07) is 0.509. The van der Waals surface area contributed by atoms with Crippen LogP contribution < -0.4 is 11.1 Å². The molecular weight excluding hydrogens is 266 g/mol. The van der Waals surface area contributed by atoms with E-state index in [-0.39, 0.29) is 29.8 Å². The number of nitrogens with one attached hydrogen (secondary N) is 1. The van der Waals surface area contributed by atoms with Crippen LogP contribution in [0.25, 0.3) is 0 Å². The van der Waals surface area contributed by atoms with Crippen LogP contribution in [-0.2, 0) is 9.59 Å². The van der Waals surface area contributed by atoms with E-state index in [4.69, 9.17) is 5.73 Å². The molecule has 0 unspecified atom stereocenters. The molecule has 0 bridgehead atoms. The number of hydrogen-bond donors (Lipinski definition) is 2. The quantitative estimate of drug-likeness (QED) is 0.823. The molecule has 0 aromatic rings. The molecule has 1 saturated carbocycles. The summed E-state index contributed by atoms with van der Waals surface area (Å²) in [5.74, 6) is 0.610. The number of likely N-dealkylation sites (tertiary alicyclic amines) is 1. The van der Waals surface area contributed by atoms with Crippen molar-refractivity contribution in [2.24, 2.45) is 17.6 Å². The molecule has 120 valence electrons. The van der Waals surface area contributed by atoms with Gasteiger partial charge in [-0.05, 0) is 38.5 Å². The highest BCUT2D eigenvalue weighted by molar-refractivity contribution is 5.79. The first-order valence-electron chi connectivity index (χ1n) is 8.32. The third-order valence-electron chi connectivity index (χ3n) is 4.80. The number of nitrogens with two attached hydrogens (primary N) is 1. The monoisotopic (exact) mass is 295 g/mol. The van der Waals surface area contributed by atoms with Gasteiger partial charge in [-0.1, -0.05) is 13.8 Å². The normalized spacial score (nSPS) is 27.7. The molecular formula is C16H29N3O2. The molecule has 0 radical (unpaired) electrons. The fourth-order valence-corrected chi connectivity index (χ4v) is 3.24. The Morgan fingerprint density at radius 2 is 1.62 bits per heavy atom. The van der Waals surface area contributed by atoms with Crippen LogP contribution in [0.2, 0.25) is 0 Å². The van der Waals surface area contributed by atoms with Crippen molar-refractivity contribution in [2.45, 2.75) is 64.5 Å². The van der Waals surface area contributed by atoms with Crippen molar-refractivity contribution in [2.75, 3.05) is 13.1 Å². The maximum absolute atomic E-state index is 12.5. The van der Waals surface area contributed by atoms with Crippen molar-refractivity contribution in [3.8, 4) is 0 Å². The van der Waals surface area contributed by atoms with Gasteiger partial charge in [-0.25, -0.2) is 0 Å². The predicted octanol–water partition coefficient (Wildman–Crippen LogP) is 1.27. The Kier molecular flexibility index (Phi) is 5.62. The maximum Gasteiger partial charge on any atom is 0.225 e. The van der Waals surface area contributed by atoms with Crippen LogP contribution in [0, 0.1) is 11.8 Å². The summed E-state index contributed by atoms with van der Waals surface area (Å²) in [6.07, 6.45) is 5.55. The number of carbonyl (C=O) groups excluding carboxylic acids is 2. The Morgan fingerprint density at radius 1 is 1.05 bits per heavy atom. The lowest BCUT2D eigenvalue weighted by molar-refractivity contribution is -0.137. The molecule has 1 heterocycles. The van der Waals surface area contributed by atoms with Crippen molar-refractivity contribution < 1.29 is 9.59 Å². The Labute approximate surface area is 127 Å². The molecule has 1 saturated heterocycles. The molecule has 5 nitrogen and oxygen atoms in total. The van der Waals surface area contributed by atoms with E-state index in [1.807, 2.05) is 18.7 Å². The second-order valence-electron chi connectivity index (χ2n) is 6.87. The smallest absolute Gasteiger partial charge is 0.225 e. The average Bonchev–Trinajstić information content (AvgIpc) is 2.48. The molecule has 0 aromatic carbocycles. The Morgan fingerprint density at radius 3 is 2.14 bits per heavy atom. The summed E-state index contributed by atoms with van der Waals surface area (Å²) >= 11 is 0. The number of hydrogen-bond acceptors (Lipinski definition) is 3. The zero-order valence-corrected chi connectivity index (χ0v) is 13.3. The molecule has 5 heteroatoms. The van der Waals surface area contributed by atoms with E-state index < -0.39 is 0 Å². The van der Waals surface area contributed by atoms with Gasteiger partial charge in [0.1, 0.15) is 0 Å². The summed E-state index contributed by atoms with van der Waals surface area (Å²) < 4.78 is 0. The van der Waals surface area contributed by atoms with Crippen LogP contribution in [0.15, 0.2) is 0 Å². The van der Waals surface area contributed by atoms with Gasteiger partial charge in [0.15, 0.2) is 0 Å².